The van der Waals surface area contributed by atoms with Gasteiger partial charge in [-0.1, -0.05) is 12.1 Å². The molecule has 1 amide bonds. The highest BCUT2D eigenvalue weighted by atomic mass is 16.5. The van der Waals surface area contributed by atoms with Crippen LogP contribution in [-0.2, 0) is 4.79 Å². The van der Waals surface area contributed by atoms with Crippen molar-refractivity contribution in [3.63, 3.8) is 0 Å². The van der Waals surface area contributed by atoms with E-state index in [1.807, 2.05) is 31.2 Å². The Kier molecular flexibility index (Phi) is 4.20. The van der Waals surface area contributed by atoms with Crippen LogP contribution in [0.4, 0.5) is 5.69 Å². The zero-order valence-corrected chi connectivity index (χ0v) is 13.3. The van der Waals surface area contributed by atoms with Gasteiger partial charge in [0.2, 0.25) is 5.91 Å². The predicted octanol–water partition coefficient (Wildman–Crippen LogP) is 3.17. The molecule has 24 heavy (non-hydrogen) atoms. The number of hydrogen-bond acceptors (Lipinski definition) is 4. The van der Waals surface area contributed by atoms with Gasteiger partial charge in [0.05, 0.1) is 12.6 Å². The summed E-state index contributed by atoms with van der Waals surface area (Å²) in [6.45, 7) is 1.86. The molecule has 6 heteroatoms. The Bertz CT molecular complexity index is 965. The number of amides is 1. The first-order valence-electron chi connectivity index (χ1n) is 7.32. The van der Waals surface area contributed by atoms with Crippen LogP contribution in [0.25, 0.3) is 16.7 Å². The van der Waals surface area contributed by atoms with Crippen molar-refractivity contribution in [2.75, 3.05) is 12.4 Å². The fourth-order valence-electron chi connectivity index (χ4n) is 2.34. The molecule has 0 saturated heterocycles. The van der Waals surface area contributed by atoms with E-state index in [-0.39, 0.29) is 5.91 Å². The van der Waals surface area contributed by atoms with Crippen molar-refractivity contribution in [3.8, 4) is 5.75 Å². The molecule has 2 N–H and O–H groups in total. The van der Waals surface area contributed by atoms with Crippen LogP contribution in [0, 0.1) is 0 Å². The number of nitrogens with one attached hydrogen (secondary N) is 2. The summed E-state index contributed by atoms with van der Waals surface area (Å²) in [5.74, 6) is -0.0263. The van der Waals surface area contributed by atoms with Gasteiger partial charge in [-0.3, -0.25) is 9.78 Å². The van der Waals surface area contributed by atoms with Crippen LogP contribution in [0.5, 0.6) is 5.75 Å². The highest BCUT2D eigenvalue weighted by Gasteiger charge is 2.05. The normalized spacial score (nSPS) is 11.5. The quantitative estimate of drug-likeness (QED) is 0.722. The molecule has 1 heterocycles. The Hall–Kier alpha value is -3.28. The van der Waals surface area contributed by atoms with Crippen LogP contribution in [0.2, 0.25) is 0 Å². The highest BCUT2D eigenvalue weighted by molar-refractivity contribution is 6.04. The fraction of sp³-hybridized carbons (Fsp3) is 0.111. The van der Waals surface area contributed by atoms with Crippen LogP contribution >= 0.6 is 0 Å². The van der Waals surface area contributed by atoms with E-state index in [2.05, 4.69) is 10.3 Å². The fourth-order valence-corrected chi connectivity index (χ4v) is 2.34. The van der Waals surface area contributed by atoms with Gasteiger partial charge in [0, 0.05) is 17.8 Å². The standard InChI is InChI=1S/C18H16N2O4/c1-11(12-3-6-14(23-2)7-4-12)9-17(21)19-13-5-8-15-16(10-13)24-18(22)20-15/h3-10H,1-2H3,(H,19,21)(H,20,22)/b11-9+. The summed E-state index contributed by atoms with van der Waals surface area (Å²) in [7, 11) is 1.61. The zero-order chi connectivity index (χ0) is 17.1. The number of benzene rings is 2. The molecule has 1 aromatic heterocycles. The number of oxazole rings is 1. The Morgan fingerprint density at radius 3 is 2.67 bits per heavy atom. The largest absolute Gasteiger partial charge is 0.497 e. The molecule has 0 aliphatic carbocycles. The Balaban J connectivity index is 1.75. The average molecular weight is 324 g/mol. The first kappa shape index (κ1) is 15.6. The lowest BCUT2D eigenvalue weighted by Gasteiger charge is -2.05. The molecule has 0 unspecified atom stereocenters. The van der Waals surface area contributed by atoms with Crippen LogP contribution < -0.4 is 15.8 Å². The lowest BCUT2D eigenvalue weighted by molar-refractivity contribution is -0.111. The van der Waals surface area contributed by atoms with Crippen LogP contribution in [-0.4, -0.2) is 18.0 Å². The number of anilines is 1. The molecular formula is C18H16N2O4. The minimum absolute atomic E-state index is 0.263. The Morgan fingerprint density at radius 2 is 1.96 bits per heavy atom. The van der Waals surface area contributed by atoms with Crippen molar-refractivity contribution in [1.29, 1.82) is 0 Å². The lowest BCUT2D eigenvalue weighted by atomic mass is 10.1. The maximum atomic E-state index is 12.1. The maximum absolute atomic E-state index is 12.1. The molecule has 0 aliphatic rings. The second-order valence-corrected chi connectivity index (χ2v) is 5.27. The monoisotopic (exact) mass is 324 g/mol. The van der Waals surface area contributed by atoms with E-state index in [1.54, 1.807) is 25.3 Å². The smallest absolute Gasteiger partial charge is 0.417 e. The van der Waals surface area contributed by atoms with Crippen molar-refractivity contribution in [2.45, 2.75) is 6.92 Å². The van der Waals surface area contributed by atoms with E-state index in [0.29, 0.717) is 16.8 Å². The second kappa shape index (κ2) is 6.45. The molecule has 122 valence electrons. The van der Waals surface area contributed by atoms with Gasteiger partial charge in [-0.05, 0) is 42.3 Å². The van der Waals surface area contributed by atoms with E-state index in [1.165, 1.54) is 6.08 Å². The summed E-state index contributed by atoms with van der Waals surface area (Å²) in [5.41, 5.74) is 3.29. The van der Waals surface area contributed by atoms with E-state index >= 15 is 0 Å². The molecule has 0 atom stereocenters. The van der Waals surface area contributed by atoms with Gasteiger partial charge in [0.25, 0.3) is 0 Å². The van der Waals surface area contributed by atoms with Gasteiger partial charge in [-0.15, -0.1) is 0 Å². The van der Waals surface area contributed by atoms with Crippen molar-refractivity contribution in [1.82, 2.24) is 4.98 Å². The SMILES string of the molecule is COc1ccc(/C(C)=C/C(=O)Nc2ccc3[nH]c(=O)oc3c2)cc1. The molecule has 2 aromatic carbocycles. The van der Waals surface area contributed by atoms with Gasteiger partial charge in [-0.2, -0.15) is 0 Å². The number of methoxy groups -OCH3 is 1. The highest BCUT2D eigenvalue weighted by Crippen LogP contribution is 2.19. The summed E-state index contributed by atoms with van der Waals surface area (Å²) in [6, 6.07) is 12.4. The van der Waals surface area contributed by atoms with Crippen molar-refractivity contribution < 1.29 is 13.9 Å². The number of hydrogen-bond donors (Lipinski definition) is 2. The Morgan fingerprint density at radius 1 is 1.21 bits per heavy atom. The summed E-state index contributed by atoms with van der Waals surface area (Å²) in [6.07, 6.45) is 1.51. The molecule has 0 radical (unpaired) electrons. The number of fused-ring (bicyclic) bond motifs is 1. The number of H-pyrrole nitrogens is 1. The summed E-state index contributed by atoms with van der Waals surface area (Å²) in [4.78, 5) is 25.8. The molecular weight excluding hydrogens is 308 g/mol. The molecule has 0 bridgehead atoms. The van der Waals surface area contributed by atoms with Crippen LogP contribution in [0.15, 0.2) is 57.8 Å². The summed E-state index contributed by atoms with van der Waals surface area (Å²) in [5, 5.41) is 2.75. The van der Waals surface area contributed by atoms with Crippen LogP contribution in [0.1, 0.15) is 12.5 Å². The summed E-state index contributed by atoms with van der Waals surface area (Å²) >= 11 is 0. The number of aromatic amines is 1. The number of aromatic nitrogens is 1. The second-order valence-electron chi connectivity index (χ2n) is 5.27. The number of rotatable bonds is 4. The third kappa shape index (κ3) is 3.38. The predicted molar refractivity (Wildman–Crippen MR) is 92.1 cm³/mol. The average Bonchev–Trinajstić information content (AvgIpc) is 2.94. The van der Waals surface area contributed by atoms with E-state index in [9.17, 15) is 9.59 Å². The van der Waals surface area contributed by atoms with Gasteiger partial charge in [0.1, 0.15) is 5.75 Å². The third-order valence-corrected chi connectivity index (χ3v) is 3.58. The van der Waals surface area contributed by atoms with E-state index in [0.717, 1.165) is 16.9 Å². The molecule has 0 saturated carbocycles. The van der Waals surface area contributed by atoms with Gasteiger partial charge in [-0.25, -0.2) is 4.79 Å². The lowest BCUT2D eigenvalue weighted by Crippen LogP contribution is -2.08. The summed E-state index contributed by atoms with van der Waals surface area (Å²) < 4.78 is 10.1. The van der Waals surface area contributed by atoms with Crippen molar-refractivity contribution >= 4 is 28.3 Å². The first-order chi connectivity index (χ1) is 11.5. The molecule has 0 spiro atoms. The number of ether oxygens (including phenoxy) is 1. The van der Waals surface area contributed by atoms with E-state index < -0.39 is 5.76 Å². The van der Waals surface area contributed by atoms with Gasteiger partial charge in [0.15, 0.2) is 5.58 Å². The number of allylic oxidation sites excluding steroid dienone is 1. The van der Waals surface area contributed by atoms with Crippen molar-refractivity contribution in [2.24, 2.45) is 0 Å². The molecule has 0 aliphatic heterocycles. The maximum Gasteiger partial charge on any atom is 0.417 e. The first-order valence-corrected chi connectivity index (χ1v) is 7.32. The van der Waals surface area contributed by atoms with Gasteiger partial charge >= 0.3 is 5.76 Å². The van der Waals surface area contributed by atoms with Crippen LogP contribution in [0.3, 0.4) is 0 Å². The topological polar surface area (TPSA) is 84.3 Å². The molecule has 6 nitrogen and oxygen atoms in total. The molecule has 3 aromatic rings. The third-order valence-electron chi connectivity index (χ3n) is 3.58. The minimum Gasteiger partial charge on any atom is -0.497 e. The van der Waals surface area contributed by atoms with Crippen molar-refractivity contribution in [3.05, 3.63) is 64.7 Å². The number of carbonyl (C=O) groups excluding carboxylic acids is 1. The van der Waals surface area contributed by atoms with Gasteiger partial charge < -0.3 is 14.5 Å². The molecule has 3 rings (SSSR count). The minimum atomic E-state index is -0.524. The number of carbonyl (C=O) groups is 1. The van der Waals surface area contributed by atoms with E-state index in [4.69, 9.17) is 9.15 Å². The molecule has 0 fully saturated rings. The zero-order valence-electron chi connectivity index (χ0n) is 13.3. The Labute approximate surface area is 137 Å².